The van der Waals surface area contributed by atoms with Crippen molar-refractivity contribution in [3.05, 3.63) is 18.5 Å². The Bertz CT molecular complexity index is 671. The zero-order chi connectivity index (χ0) is 16.2. The van der Waals surface area contributed by atoms with Crippen LogP contribution in [0.1, 0.15) is 19.8 Å². The van der Waals surface area contributed by atoms with Crippen LogP contribution in [0.15, 0.2) is 18.5 Å². The molecule has 2 aromatic rings. The van der Waals surface area contributed by atoms with E-state index in [2.05, 4.69) is 27.5 Å². The van der Waals surface area contributed by atoms with E-state index in [0.29, 0.717) is 11.7 Å². The Morgan fingerprint density at radius 3 is 2.70 bits per heavy atom. The summed E-state index contributed by atoms with van der Waals surface area (Å²) >= 11 is 0. The number of methoxy groups -OCH3 is 1. The van der Waals surface area contributed by atoms with E-state index in [4.69, 9.17) is 9.47 Å². The molecule has 124 valence electrons. The molecule has 0 saturated carbocycles. The third-order valence-electron chi connectivity index (χ3n) is 4.52. The maximum absolute atomic E-state index is 6.22. The van der Waals surface area contributed by atoms with Gasteiger partial charge in [0.15, 0.2) is 11.5 Å². The van der Waals surface area contributed by atoms with Crippen LogP contribution in [0.2, 0.25) is 0 Å². The molecule has 23 heavy (non-hydrogen) atoms. The molecule has 1 aliphatic heterocycles. The molecule has 1 unspecified atom stereocenters. The molecule has 3 rings (SSSR count). The molecule has 0 spiro atoms. The zero-order valence-electron chi connectivity index (χ0n) is 13.9. The third-order valence-corrected chi connectivity index (χ3v) is 4.52. The predicted molar refractivity (Wildman–Crippen MR) is 91.3 cm³/mol. The minimum Gasteiger partial charge on any atom is -0.493 e. The van der Waals surface area contributed by atoms with Gasteiger partial charge in [0.1, 0.15) is 12.1 Å². The summed E-state index contributed by atoms with van der Waals surface area (Å²) < 4.78 is 11.7. The first-order valence-corrected chi connectivity index (χ1v) is 8.10. The summed E-state index contributed by atoms with van der Waals surface area (Å²) in [6, 6.07) is 3.87. The molecule has 1 aromatic heterocycles. The first kappa shape index (κ1) is 15.8. The monoisotopic (exact) mass is 316 g/mol. The Labute approximate surface area is 136 Å². The molecular weight excluding hydrogens is 292 g/mol. The molecule has 1 fully saturated rings. The van der Waals surface area contributed by atoms with Gasteiger partial charge in [-0.15, -0.1) is 0 Å². The van der Waals surface area contributed by atoms with Gasteiger partial charge in [0.25, 0.3) is 0 Å². The topological polar surface area (TPSA) is 68.3 Å². The number of hydrogen-bond donors (Lipinski definition) is 2. The molecule has 1 aliphatic rings. The van der Waals surface area contributed by atoms with Crippen LogP contribution in [0.5, 0.6) is 11.5 Å². The number of anilines is 1. The molecule has 0 radical (unpaired) electrons. The molecule has 2 heterocycles. The maximum Gasteiger partial charge on any atom is 0.163 e. The van der Waals surface area contributed by atoms with E-state index in [0.717, 1.165) is 48.4 Å². The molecule has 0 aliphatic carbocycles. The number of hydrogen-bond acceptors (Lipinski definition) is 6. The Balaban J connectivity index is 1.90. The van der Waals surface area contributed by atoms with Crippen molar-refractivity contribution in [2.45, 2.75) is 25.9 Å². The number of benzene rings is 1. The molecule has 2 N–H and O–H groups in total. The lowest BCUT2D eigenvalue weighted by atomic mass is 9.93. The molecule has 0 amide bonds. The molecule has 1 aromatic carbocycles. The molecule has 6 nitrogen and oxygen atoms in total. The number of piperidine rings is 1. The van der Waals surface area contributed by atoms with Gasteiger partial charge in [-0.2, -0.15) is 0 Å². The van der Waals surface area contributed by atoms with Gasteiger partial charge in [0.2, 0.25) is 0 Å². The molecular formula is C17H24N4O2. The summed E-state index contributed by atoms with van der Waals surface area (Å²) in [5.74, 6) is 2.80. The second-order valence-corrected chi connectivity index (χ2v) is 5.90. The number of fused-ring (bicyclic) bond motifs is 1. The highest BCUT2D eigenvalue weighted by atomic mass is 16.5. The van der Waals surface area contributed by atoms with Gasteiger partial charge in [-0.3, -0.25) is 0 Å². The van der Waals surface area contributed by atoms with E-state index >= 15 is 0 Å². The summed E-state index contributed by atoms with van der Waals surface area (Å²) in [5.41, 5.74) is 0.845. The van der Waals surface area contributed by atoms with Crippen LogP contribution in [0.3, 0.4) is 0 Å². The summed E-state index contributed by atoms with van der Waals surface area (Å²) in [6.07, 6.45) is 3.99. The quantitative estimate of drug-likeness (QED) is 0.883. The van der Waals surface area contributed by atoms with Crippen molar-refractivity contribution in [2.24, 2.45) is 5.92 Å². The number of aromatic nitrogens is 2. The van der Waals surface area contributed by atoms with Gasteiger partial charge in [-0.05, 0) is 44.8 Å². The minimum absolute atomic E-state index is 0.147. The van der Waals surface area contributed by atoms with Crippen LogP contribution in [0.25, 0.3) is 10.9 Å². The van der Waals surface area contributed by atoms with Crippen molar-refractivity contribution in [1.29, 1.82) is 0 Å². The summed E-state index contributed by atoms with van der Waals surface area (Å²) in [7, 11) is 3.50. The number of nitrogens with zero attached hydrogens (tertiary/aromatic N) is 2. The van der Waals surface area contributed by atoms with E-state index < -0.39 is 0 Å². The molecule has 6 heteroatoms. The van der Waals surface area contributed by atoms with Crippen molar-refractivity contribution in [1.82, 2.24) is 15.3 Å². The first-order chi connectivity index (χ1) is 11.2. The fraction of sp³-hybridized carbons (Fsp3) is 0.529. The van der Waals surface area contributed by atoms with Crippen molar-refractivity contribution >= 4 is 16.7 Å². The van der Waals surface area contributed by atoms with E-state index in [9.17, 15) is 0 Å². The van der Waals surface area contributed by atoms with Crippen LogP contribution in [-0.4, -0.2) is 43.3 Å². The zero-order valence-corrected chi connectivity index (χ0v) is 13.9. The van der Waals surface area contributed by atoms with Crippen molar-refractivity contribution < 1.29 is 9.47 Å². The van der Waals surface area contributed by atoms with Crippen molar-refractivity contribution in [3.63, 3.8) is 0 Å². The van der Waals surface area contributed by atoms with Gasteiger partial charge in [-0.1, -0.05) is 0 Å². The lowest BCUT2D eigenvalue weighted by Gasteiger charge is -2.29. The highest BCUT2D eigenvalue weighted by molar-refractivity contribution is 5.91. The third kappa shape index (κ3) is 3.32. The van der Waals surface area contributed by atoms with Gasteiger partial charge in [0, 0.05) is 18.5 Å². The number of ether oxygens (including phenoxy) is 2. The summed E-state index contributed by atoms with van der Waals surface area (Å²) in [5, 5.41) is 7.39. The predicted octanol–water partition coefficient (Wildman–Crippen LogP) is 2.45. The highest BCUT2D eigenvalue weighted by Gasteiger charge is 2.23. The van der Waals surface area contributed by atoms with E-state index in [-0.39, 0.29) is 6.10 Å². The van der Waals surface area contributed by atoms with Crippen LogP contribution in [0.4, 0.5) is 5.82 Å². The second-order valence-electron chi connectivity index (χ2n) is 5.90. The smallest absolute Gasteiger partial charge is 0.163 e. The lowest BCUT2D eigenvalue weighted by molar-refractivity contribution is 0.124. The van der Waals surface area contributed by atoms with Crippen LogP contribution >= 0.6 is 0 Å². The standard InChI is InChI=1S/C17H24N4O2/c1-11(12-4-6-19-7-5-12)23-16-9-14-13(8-15(16)22-3)17(18-2)21-10-20-14/h8-12,19H,4-7H2,1-3H3,(H,18,20,21). The van der Waals surface area contributed by atoms with E-state index in [1.807, 2.05) is 19.2 Å². The van der Waals surface area contributed by atoms with Gasteiger partial charge in [0.05, 0.1) is 18.7 Å². The molecule has 1 saturated heterocycles. The normalized spacial score (nSPS) is 17.0. The Morgan fingerprint density at radius 1 is 1.22 bits per heavy atom. The Kier molecular flexibility index (Phi) is 4.81. The van der Waals surface area contributed by atoms with Crippen LogP contribution in [-0.2, 0) is 0 Å². The summed E-state index contributed by atoms with van der Waals surface area (Å²) in [6.45, 7) is 4.26. The van der Waals surface area contributed by atoms with Gasteiger partial charge < -0.3 is 20.1 Å². The fourth-order valence-electron chi connectivity index (χ4n) is 3.13. The molecule has 0 bridgehead atoms. The highest BCUT2D eigenvalue weighted by Crippen LogP contribution is 2.35. The lowest BCUT2D eigenvalue weighted by Crippen LogP contribution is -2.35. The fourth-order valence-corrected chi connectivity index (χ4v) is 3.13. The SMILES string of the molecule is CNc1ncnc2cc(OC(C)C3CCNCC3)c(OC)cc12. The largest absolute Gasteiger partial charge is 0.493 e. The van der Waals surface area contributed by atoms with Crippen molar-refractivity contribution in [2.75, 3.05) is 32.6 Å². The van der Waals surface area contributed by atoms with Gasteiger partial charge in [-0.25, -0.2) is 9.97 Å². The average Bonchev–Trinajstić information content (AvgIpc) is 2.61. The van der Waals surface area contributed by atoms with E-state index in [1.54, 1.807) is 13.4 Å². The molecule has 1 atom stereocenters. The van der Waals surface area contributed by atoms with Crippen LogP contribution < -0.4 is 20.1 Å². The van der Waals surface area contributed by atoms with Gasteiger partial charge >= 0.3 is 0 Å². The average molecular weight is 316 g/mol. The van der Waals surface area contributed by atoms with Crippen molar-refractivity contribution in [3.8, 4) is 11.5 Å². The number of nitrogens with one attached hydrogen (secondary N) is 2. The Hall–Kier alpha value is -2.08. The Morgan fingerprint density at radius 2 is 2.00 bits per heavy atom. The minimum atomic E-state index is 0.147. The second kappa shape index (κ2) is 7.00. The first-order valence-electron chi connectivity index (χ1n) is 8.10. The number of rotatable bonds is 5. The van der Waals surface area contributed by atoms with Crippen LogP contribution in [0, 0.1) is 5.92 Å². The summed E-state index contributed by atoms with van der Waals surface area (Å²) in [4.78, 5) is 8.59. The maximum atomic E-state index is 6.22. The van der Waals surface area contributed by atoms with E-state index in [1.165, 1.54) is 0 Å².